The maximum absolute atomic E-state index is 13.1. The lowest BCUT2D eigenvalue weighted by Gasteiger charge is -2.09. The van der Waals surface area contributed by atoms with Gasteiger partial charge in [-0.3, -0.25) is 9.97 Å². The molecular formula is C23H20FN3O. The molecule has 2 aromatic heterocycles. The standard InChI is InChI=1S/C23H20FN3O/c24-21-5-3-18(4-6-21)20-12-17(15-26-16-20)14-25-10-11-28-22-7-8-23-19(13-22)2-1-9-27-23/h1-9,12-13,15-16,25H,10-11,14H2. The highest BCUT2D eigenvalue weighted by Gasteiger charge is 2.02. The van der Waals surface area contributed by atoms with Crippen LogP contribution in [0.1, 0.15) is 5.56 Å². The summed E-state index contributed by atoms with van der Waals surface area (Å²) in [7, 11) is 0. The Morgan fingerprint density at radius 1 is 0.929 bits per heavy atom. The first-order valence-electron chi connectivity index (χ1n) is 9.16. The van der Waals surface area contributed by atoms with E-state index in [0.29, 0.717) is 19.7 Å². The number of hydrogen-bond acceptors (Lipinski definition) is 4. The second kappa shape index (κ2) is 8.59. The van der Waals surface area contributed by atoms with Crippen molar-refractivity contribution in [3.05, 3.63) is 90.6 Å². The third-order valence-corrected chi connectivity index (χ3v) is 4.42. The Labute approximate surface area is 163 Å². The van der Waals surface area contributed by atoms with Gasteiger partial charge in [0, 0.05) is 42.6 Å². The van der Waals surface area contributed by atoms with Crippen LogP contribution in [0.5, 0.6) is 5.75 Å². The van der Waals surface area contributed by atoms with Crippen molar-refractivity contribution in [3.63, 3.8) is 0 Å². The summed E-state index contributed by atoms with van der Waals surface area (Å²) in [5, 5.41) is 4.43. The molecule has 0 saturated heterocycles. The van der Waals surface area contributed by atoms with Crippen molar-refractivity contribution in [2.45, 2.75) is 6.54 Å². The summed E-state index contributed by atoms with van der Waals surface area (Å²) >= 11 is 0. The highest BCUT2D eigenvalue weighted by molar-refractivity contribution is 5.79. The van der Waals surface area contributed by atoms with Gasteiger partial charge in [-0.1, -0.05) is 18.2 Å². The molecule has 1 N–H and O–H groups in total. The molecule has 0 saturated carbocycles. The number of halogens is 1. The maximum atomic E-state index is 13.1. The quantitative estimate of drug-likeness (QED) is 0.481. The van der Waals surface area contributed by atoms with Gasteiger partial charge in [0.1, 0.15) is 18.2 Å². The number of aromatic nitrogens is 2. The number of benzene rings is 2. The zero-order chi connectivity index (χ0) is 19.2. The molecule has 4 rings (SSSR count). The van der Waals surface area contributed by atoms with E-state index >= 15 is 0 Å². The van der Waals surface area contributed by atoms with Crippen LogP contribution >= 0.6 is 0 Å². The van der Waals surface area contributed by atoms with Crippen molar-refractivity contribution in [2.24, 2.45) is 0 Å². The molecule has 0 aliphatic rings. The SMILES string of the molecule is Fc1ccc(-c2cncc(CNCCOc3ccc4ncccc4c3)c2)cc1. The van der Waals surface area contributed by atoms with Crippen molar-refractivity contribution >= 4 is 10.9 Å². The molecule has 140 valence electrons. The number of pyridine rings is 2. The second-order valence-corrected chi connectivity index (χ2v) is 6.47. The van der Waals surface area contributed by atoms with E-state index < -0.39 is 0 Å². The van der Waals surface area contributed by atoms with E-state index in [1.54, 1.807) is 24.5 Å². The normalized spacial score (nSPS) is 10.9. The summed E-state index contributed by atoms with van der Waals surface area (Å²) in [5.41, 5.74) is 3.95. The fraction of sp³-hybridized carbons (Fsp3) is 0.130. The molecule has 0 radical (unpaired) electrons. The molecule has 0 amide bonds. The molecule has 0 aliphatic carbocycles. The van der Waals surface area contributed by atoms with Crippen LogP contribution in [0.3, 0.4) is 0 Å². The summed E-state index contributed by atoms with van der Waals surface area (Å²) in [6.45, 7) is 1.97. The number of hydrogen-bond donors (Lipinski definition) is 1. The van der Waals surface area contributed by atoms with Gasteiger partial charge in [-0.15, -0.1) is 0 Å². The molecule has 28 heavy (non-hydrogen) atoms. The molecule has 0 spiro atoms. The van der Waals surface area contributed by atoms with Crippen molar-refractivity contribution in [2.75, 3.05) is 13.2 Å². The topological polar surface area (TPSA) is 47.0 Å². The Kier molecular flexibility index (Phi) is 5.54. The lowest BCUT2D eigenvalue weighted by molar-refractivity contribution is 0.314. The number of nitrogens with zero attached hydrogens (tertiary/aromatic N) is 2. The summed E-state index contributed by atoms with van der Waals surface area (Å²) in [4.78, 5) is 8.59. The highest BCUT2D eigenvalue weighted by Crippen LogP contribution is 2.20. The average Bonchev–Trinajstić information content (AvgIpc) is 2.74. The van der Waals surface area contributed by atoms with Crippen LogP contribution in [-0.4, -0.2) is 23.1 Å². The first-order valence-corrected chi connectivity index (χ1v) is 9.16. The summed E-state index contributed by atoms with van der Waals surface area (Å²) in [6.07, 6.45) is 5.40. The molecular weight excluding hydrogens is 353 g/mol. The predicted octanol–water partition coefficient (Wildman–Crippen LogP) is 4.60. The van der Waals surface area contributed by atoms with E-state index in [-0.39, 0.29) is 5.82 Å². The van der Waals surface area contributed by atoms with Gasteiger partial charge in [0.2, 0.25) is 0 Å². The molecule has 2 aromatic carbocycles. The summed E-state index contributed by atoms with van der Waals surface area (Å²) < 4.78 is 18.9. The molecule has 0 atom stereocenters. The van der Waals surface area contributed by atoms with Gasteiger partial charge in [0.15, 0.2) is 0 Å². The van der Waals surface area contributed by atoms with Gasteiger partial charge < -0.3 is 10.1 Å². The van der Waals surface area contributed by atoms with E-state index in [9.17, 15) is 4.39 Å². The highest BCUT2D eigenvalue weighted by atomic mass is 19.1. The van der Waals surface area contributed by atoms with Crippen LogP contribution in [0.4, 0.5) is 4.39 Å². The van der Waals surface area contributed by atoms with E-state index in [4.69, 9.17) is 4.74 Å². The van der Waals surface area contributed by atoms with E-state index in [2.05, 4.69) is 21.4 Å². The van der Waals surface area contributed by atoms with Gasteiger partial charge in [0.25, 0.3) is 0 Å². The van der Waals surface area contributed by atoms with E-state index in [0.717, 1.165) is 33.3 Å². The molecule has 4 aromatic rings. The van der Waals surface area contributed by atoms with Gasteiger partial charge in [-0.25, -0.2) is 4.39 Å². The number of ether oxygens (including phenoxy) is 1. The lowest BCUT2D eigenvalue weighted by Crippen LogP contribution is -2.20. The fourth-order valence-electron chi connectivity index (χ4n) is 3.00. The van der Waals surface area contributed by atoms with Crippen LogP contribution in [0.2, 0.25) is 0 Å². The molecule has 0 bridgehead atoms. The van der Waals surface area contributed by atoms with E-state index in [1.807, 2.05) is 36.5 Å². The van der Waals surface area contributed by atoms with Crippen LogP contribution in [0.15, 0.2) is 79.3 Å². The largest absolute Gasteiger partial charge is 0.492 e. The fourth-order valence-corrected chi connectivity index (χ4v) is 3.00. The minimum atomic E-state index is -0.239. The van der Waals surface area contributed by atoms with Crippen LogP contribution in [-0.2, 0) is 6.54 Å². The first-order chi connectivity index (χ1) is 13.8. The molecule has 0 aliphatic heterocycles. The minimum absolute atomic E-state index is 0.239. The third-order valence-electron chi connectivity index (χ3n) is 4.42. The Balaban J connectivity index is 1.28. The van der Waals surface area contributed by atoms with Gasteiger partial charge in [-0.2, -0.15) is 0 Å². The van der Waals surface area contributed by atoms with Crippen molar-refractivity contribution in [1.82, 2.24) is 15.3 Å². The molecule has 4 nitrogen and oxygen atoms in total. The van der Waals surface area contributed by atoms with Crippen molar-refractivity contribution < 1.29 is 9.13 Å². The van der Waals surface area contributed by atoms with Gasteiger partial charge in [0.05, 0.1) is 5.52 Å². The van der Waals surface area contributed by atoms with Crippen LogP contribution in [0.25, 0.3) is 22.0 Å². The Bertz CT molecular complexity index is 1070. The smallest absolute Gasteiger partial charge is 0.123 e. The Morgan fingerprint density at radius 2 is 1.82 bits per heavy atom. The monoisotopic (exact) mass is 373 g/mol. The predicted molar refractivity (Wildman–Crippen MR) is 109 cm³/mol. The second-order valence-electron chi connectivity index (χ2n) is 6.47. The van der Waals surface area contributed by atoms with Crippen LogP contribution in [0, 0.1) is 5.82 Å². The van der Waals surface area contributed by atoms with Crippen molar-refractivity contribution in [3.8, 4) is 16.9 Å². The average molecular weight is 373 g/mol. The lowest BCUT2D eigenvalue weighted by atomic mass is 10.1. The number of fused-ring (bicyclic) bond motifs is 1. The summed E-state index contributed by atoms with van der Waals surface area (Å²) in [5.74, 6) is 0.597. The van der Waals surface area contributed by atoms with Crippen LogP contribution < -0.4 is 10.1 Å². The van der Waals surface area contributed by atoms with Gasteiger partial charge in [-0.05, 0) is 53.6 Å². The molecule has 0 fully saturated rings. The number of nitrogens with one attached hydrogen (secondary N) is 1. The molecule has 0 unspecified atom stereocenters. The minimum Gasteiger partial charge on any atom is -0.492 e. The Morgan fingerprint density at radius 3 is 2.71 bits per heavy atom. The Hall–Kier alpha value is -3.31. The van der Waals surface area contributed by atoms with Gasteiger partial charge >= 0.3 is 0 Å². The van der Waals surface area contributed by atoms with Crippen molar-refractivity contribution in [1.29, 1.82) is 0 Å². The zero-order valence-electron chi connectivity index (χ0n) is 15.3. The zero-order valence-corrected chi connectivity index (χ0v) is 15.3. The third kappa shape index (κ3) is 4.50. The summed E-state index contributed by atoms with van der Waals surface area (Å²) in [6, 6.07) is 18.3. The molecule has 2 heterocycles. The maximum Gasteiger partial charge on any atom is 0.123 e. The van der Waals surface area contributed by atoms with E-state index in [1.165, 1.54) is 12.1 Å². The first kappa shape index (κ1) is 18.1. The number of rotatable bonds is 7. The molecule has 5 heteroatoms.